The van der Waals surface area contributed by atoms with Gasteiger partial charge >= 0.3 is 0 Å². The number of rotatable bonds is 5. The number of hydrogen-bond acceptors (Lipinski definition) is 3. The van der Waals surface area contributed by atoms with Gasteiger partial charge in [-0.1, -0.05) is 18.2 Å². The molecule has 0 unspecified atom stereocenters. The van der Waals surface area contributed by atoms with Crippen LogP contribution in [-0.4, -0.2) is 26.6 Å². The van der Waals surface area contributed by atoms with Crippen molar-refractivity contribution in [2.75, 3.05) is 20.3 Å². The SMILES string of the molecule is C=CC1COC(C2CCC(c3ccc(COC)c(F)c3)CC2)OC1. The molecule has 132 valence electrons. The fourth-order valence-electron chi connectivity index (χ4n) is 3.76. The van der Waals surface area contributed by atoms with E-state index in [1.54, 1.807) is 13.2 Å². The van der Waals surface area contributed by atoms with E-state index in [1.165, 1.54) is 0 Å². The molecule has 0 bridgehead atoms. The maximum Gasteiger partial charge on any atom is 0.160 e. The number of methoxy groups -OCH3 is 1. The van der Waals surface area contributed by atoms with Crippen LogP contribution in [0.2, 0.25) is 0 Å². The minimum atomic E-state index is -0.161. The van der Waals surface area contributed by atoms with Gasteiger partial charge in [0.05, 0.1) is 19.8 Å². The fraction of sp³-hybridized carbons (Fsp3) is 0.600. The molecule has 0 N–H and O–H groups in total. The lowest BCUT2D eigenvalue weighted by Crippen LogP contribution is -2.37. The predicted octanol–water partition coefficient (Wildman–Crippen LogP) is 4.42. The molecule has 1 aliphatic carbocycles. The zero-order valence-electron chi connectivity index (χ0n) is 14.4. The first-order valence-corrected chi connectivity index (χ1v) is 8.84. The summed E-state index contributed by atoms with van der Waals surface area (Å²) >= 11 is 0. The molecule has 1 aromatic carbocycles. The maximum atomic E-state index is 14.1. The highest BCUT2D eigenvalue weighted by atomic mass is 19.1. The molecule has 1 heterocycles. The van der Waals surface area contributed by atoms with Crippen molar-refractivity contribution < 1.29 is 18.6 Å². The van der Waals surface area contributed by atoms with Gasteiger partial charge < -0.3 is 14.2 Å². The van der Waals surface area contributed by atoms with Gasteiger partial charge in [-0.3, -0.25) is 0 Å². The molecule has 1 saturated heterocycles. The monoisotopic (exact) mass is 334 g/mol. The van der Waals surface area contributed by atoms with E-state index in [9.17, 15) is 4.39 Å². The summed E-state index contributed by atoms with van der Waals surface area (Å²) in [5.74, 6) is 1.03. The summed E-state index contributed by atoms with van der Waals surface area (Å²) in [6.07, 6.45) is 6.06. The smallest absolute Gasteiger partial charge is 0.160 e. The highest BCUT2D eigenvalue weighted by Gasteiger charge is 2.32. The van der Waals surface area contributed by atoms with Crippen LogP contribution in [0, 0.1) is 17.7 Å². The molecule has 1 aromatic rings. The summed E-state index contributed by atoms with van der Waals surface area (Å²) in [5, 5.41) is 0. The van der Waals surface area contributed by atoms with Crippen molar-refractivity contribution in [3.63, 3.8) is 0 Å². The van der Waals surface area contributed by atoms with Gasteiger partial charge in [0.2, 0.25) is 0 Å². The summed E-state index contributed by atoms with van der Waals surface area (Å²) in [6.45, 7) is 5.53. The predicted molar refractivity (Wildman–Crippen MR) is 91.2 cm³/mol. The Morgan fingerprint density at radius 1 is 1.21 bits per heavy atom. The molecule has 0 amide bonds. The fourth-order valence-corrected chi connectivity index (χ4v) is 3.76. The highest BCUT2D eigenvalue weighted by Crippen LogP contribution is 2.39. The van der Waals surface area contributed by atoms with E-state index in [0.717, 1.165) is 31.2 Å². The van der Waals surface area contributed by atoms with E-state index in [4.69, 9.17) is 14.2 Å². The summed E-state index contributed by atoms with van der Waals surface area (Å²) < 4.78 is 30.8. The van der Waals surface area contributed by atoms with Crippen molar-refractivity contribution in [2.45, 2.75) is 44.5 Å². The summed E-state index contributed by atoms with van der Waals surface area (Å²) in [7, 11) is 1.58. The third-order valence-electron chi connectivity index (χ3n) is 5.29. The molecule has 2 aliphatic rings. The first-order chi connectivity index (χ1) is 11.7. The highest BCUT2D eigenvalue weighted by molar-refractivity contribution is 5.27. The number of ether oxygens (including phenoxy) is 3. The van der Waals surface area contributed by atoms with Crippen molar-refractivity contribution in [3.8, 4) is 0 Å². The molecule has 0 radical (unpaired) electrons. The second-order valence-corrected chi connectivity index (χ2v) is 6.93. The Hall–Kier alpha value is -1.23. The molecule has 1 aliphatic heterocycles. The van der Waals surface area contributed by atoms with Crippen LogP contribution in [0.4, 0.5) is 4.39 Å². The van der Waals surface area contributed by atoms with Crippen LogP contribution in [-0.2, 0) is 20.8 Å². The number of halogens is 1. The average Bonchev–Trinajstić information content (AvgIpc) is 2.64. The third-order valence-corrected chi connectivity index (χ3v) is 5.29. The molecule has 2 fully saturated rings. The van der Waals surface area contributed by atoms with Crippen LogP contribution >= 0.6 is 0 Å². The van der Waals surface area contributed by atoms with Crippen LogP contribution in [0.3, 0.4) is 0 Å². The van der Waals surface area contributed by atoms with Gasteiger partial charge in [0.15, 0.2) is 6.29 Å². The summed E-state index contributed by atoms with van der Waals surface area (Å²) in [5.41, 5.74) is 1.72. The number of hydrogen-bond donors (Lipinski definition) is 0. The Morgan fingerprint density at radius 2 is 1.92 bits per heavy atom. The van der Waals surface area contributed by atoms with Crippen molar-refractivity contribution >= 4 is 0 Å². The van der Waals surface area contributed by atoms with Gasteiger partial charge in [0.1, 0.15) is 5.82 Å². The average molecular weight is 334 g/mol. The Bertz CT molecular complexity index is 544. The molecule has 0 aromatic heterocycles. The van der Waals surface area contributed by atoms with Crippen LogP contribution < -0.4 is 0 Å². The van der Waals surface area contributed by atoms with Crippen LogP contribution in [0.15, 0.2) is 30.9 Å². The molecule has 0 atom stereocenters. The normalized spacial score (nSPS) is 30.9. The standard InChI is InChI=1S/C20H27FO3/c1-3-14-11-23-20(24-12-14)16-6-4-15(5-7-16)17-8-9-18(13-22-2)19(21)10-17/h3,8-10,14-16,20H,1,4-7,11-13H2,2H3. The maximum absolute atomic E-state index is 14.1. The molecule has 1 saturated carbocycles. The zero-order chi connectivity index (χ0) is 16.9. The van der Waals surface area contributed by atoms with Gasteiger partial charge in [-0.15, -0.1) is 6.58 Å². The van der Waals surface area contributed by atoms with E-state index >= 15 is 0 Å². The molecular formula is C20H27FO3. The first kappa shape index (κ1) is 17.6. The van der Waals surface area contributed by atoms with E-state index in [0.29, 0.717) is 43.1 Å². The Morgan fingerprint density at radius 3 is 2.50 bits per heavy atom. The minimum absolute atomic E-state index is 0.0806. The number of benzene rings is 1. The Balaban J connectivity index is 1.53. The van der Waals surface area contributed by atoms with Gasteiger partial charge in [-0.25, -0.2) is 4.39 Å². The Kier molecular flexibility index (Phi) is 6.04. The Labute approximate surface area is 143 Å². The van der Waals surface area contributed by atoms with Crippen molar-refractivity contribution in [3.05, 3.63) is 47.8 Å². The largest absolute Gasteiger partial charge is 0.380 e. The molecule has 3 rings (SSSR count). The molecule has 0 spiro atoms. The van der Waals surface area contributed by atoms with Crippen molar-refractivity contribution in [1.82, 2.24) is 0 Å². The van der Waals surface area contributed by atoms with Crippen molar-refractivity contribution in [2.24, 2.45) is 11.8 Å². The first-order valence-electron chi connectivity index (χ1n) is 8.84. The van der Waals surface area contributed by atoms with E-state index in [-0.39, 0.29) is 12.1 Å². The van der Waals surface area contributed by atoms with Crippen molar-refractivity contribution in [1.29, 1.82) is 0 Å². The second kappa shape index (κ2) is 8.24. The molecule has 4 heteroatoms. The van der Waals surface area contributed by atoms with E-state index < -0.39 is 0 Å². The van der Waals surface area contributed by atoms with Crippen LogP contribution in [0.1, 0.15) is 42.7 Å². The van der Waals surface area contributed by atoms with E-state index in [1.807, 2.05) is 18.2 Å². The quantitative estimate of drug-likeness (QED) is 0.746. The van der Waals surface area contributed by atoms with Gasteiger partial charge in [-0.05, 0) is 43.2 Å². The lowest BCUT2D eigenvalue weighted by atomic mass is 9.78. The van der Waals surface area contributed by atoms with Gasteiger partial charge in [-0.2, -0.15) is 0 Å². The second-order valence-electron chi connectivity index (χ2n) is 6.93. The molecule has 3 nitrogen and oxygen atoms in total. The molecular weight excluding hydrogens is 307 g/mol. The van der Waals surface area contributed by atoms with Crippen LogP contribution in [0.5, 0.6) is 0 Å². The lowest BCUT2D eigenvalue weighted by Gasteiger charge is -2.37. The third kappa shape index (κ3) is 4.05. The van der Waals surface area contributed by atoms with Gasteiger partial charge in [0, 0.05) is 24.5 Å². The zero-order valence-corrected chi connectivity index (χ0v) is 14.4. The minimum Gasteiger partial charge on any atom is -0.380 e. The summed E-state index contributed by atoms with van der Waals surface area (Å²) in [6, 6.07) is 5.58. The summed E-state index contributed by atoms with van der Waals surface area (Å²) in [4.78, 5) is 0. The van der Waals surface area contributed by atoms with Crippen LogP contribution in [0.25, 0.3) is 0 Å². The molecule has 24 heavy (non-hydrogen) atoms. The van der Waals surface area contributed by atoms with E-state index in [2.05, 4.69) is 6.58 Å². The lowest BCUT2D eigenvalue weighted by molar-refractivity contribution is -0.222. The topological polar surface area (TPSA) is 27.7 Å². The van der Waals surface area contributed by atoms with Gasteiger partial charge in [0.25, 0.3) is 0 Å².